The lowest BCUT2D eigenvalue weighted by Gasteiger charge is -2.42. The zero-order valence-corrected chi connectivity index (χ0v) is 18.9. The number of hydrogen-bond donors (Lipinski definition) is 0. The minimum atomic E-state index is 0.263. The van der Waals surface area contributed by atoms with Crippen LogP contribution in [-0.4, -0.2) is 0 Å². The van der Waals surface area contributed by atoms with Crippen LogP contribution in [0.1, 0.15) is 94.2 Å². The van der Waals surface area contributed by atoms with Crippen molar-refractivity contribution >= 4 is 11.1 Å². The summed E-state index contributed by atoms with van der Waals surface area (Å²) in [5, 5.41) is 0. The van der Waals surface area contributed by atoms with Gasteiger partial charge in [0, 0.05) is 0 Å². The highest BCUT2D eigenvalue weighted by molar-refractivity contribution is 5.92. The Morgan fingerprint density at radius 1 is 0.893 bits per heavy atom. The lowest BCUT2D eigenvalue weighted by atomic mass is 9.62. The van der Waals surface area contributed by atoms with Gasteiger partial charge in [0.05, 0.1) is 0 Å². The van der Waals surface area contributed by atoms with E-state index in [1.54, 1.807) is 16.7 Å². The van der Waals surface area contributed by atoms with Gasteiger partial charge in [0.25, 0.3) is 0 Å². The number of benzene rings is 2. The summed E-state index contributed by atoms with van der Waals surface area (Å²) in [6, 6.07) is 14.4. The average molecular weight is 373 g/mol. The van der Waals surface area contributed by atoms with Crippen molar-refractivity contribution in [2.24, 2.45) is 5.92 Å². The molecule has 148 valence electrons. The third-order valence-electron chi connectivity index (χ3n) is 7.58. The van der Waals surface area contributed by atoms with Gasteiger partial charge >= 0.3 is 0 Å². The molecule has 0 fully saturated rings. The molecule has 2 aliphatic carbocycles. The molecule has 2 aliphatic rings. The van der Waals surface area contributed by atoms with Crippen LogP contribution in [0, 0.1) is 12.8 Å². The minimum Gasteiger partial charge on any atom is -0.0587 e. The van der Waals surface area contributed by atoms with Gasteiger partial charge in [0.2, 0.25) is 0 Å². The molecule has 1 unspecified atom stereocenters. The van der Waals surface area contributed by atoms with E-state index in [4.69, 9.17) is 0 Å². The van der Waals surface area contributed by atoms with Gasteiger partial charge in [-0.1, -0.05) is 76.6 Å². The molecule has 0 saturated heterocycles. The van der Waals surface area contributed by atoms with Gasteiger partial charge in [-0.05, 0) is 95.2 Å². The van der Waals surface area contributed by atoms with Crippen molar-refractivity contribution in [1.29, 1.82) is 0 Å². The van der Waals surface area contributed by atoms with Gasteiger partial charge in [0.1, 0.15) is 0 Å². The number of aryl methyl sites for hydroxylation is 2. The molecule has 0 radical (unpaired) electrons. The zero-order valence-electron chi connectivity index (χ0n) is 18.9. The third kappa shape index (κ3) is 3.15. The molecule has 0 N–H and O–H groups in total. The van der Waals surface area contributed by atoms with Crippen LogP contribution in [0.25, 0.3) is 11.1 Å². The first-order chi connectivity index (χ1) is 13.1. The molecule has 28 heavy (non-hydrogen) atoms. The second kappa shape index (κ2) is 6.61. The second-order valence-corrected chi connectivity index (χ2v) is 10.7. The highest BCUT2D eigenvalue weighted by Gasteiger charge is 2.37. The van der Waals surface area contributed by atoms with Crippen molar-refractivity contribution in [2.75, 3.05) is 0 Å². The van der Waals surface area contributed by atoms with Crippen LogP contribution in [0.5, 0.6) is 0 Å². The molecular formula is C28H36. The van der Waals surface area contributed by atoms with Crippen LogP contribution in [-0.2, 0) is 17.3 Å². The number of fused-ring (bicyclic) bond motifs is 2. The van der Waals surface area contributed by atoms with Gasteiger partial charge in [-0.15, -0.1) is 0 Å². The molecule has 0 heterocycles. The Morgan fingerprint density at radius 3 is 2.29 bits per heavy atom. The fraction of sp³-hybridized carbons (Fsp3) is 0.500. The SMILES string of the molecule is C/C(=C1\c2ccc(C)cc2CCC1C)c1ccc2c(c1)C(C)(C)CCC2(C)C. The molecule has 0 saturated carbocycles. The van der Waals surface area contributed by atoms with Crippen LogP contribution in [0.3, 0.4) is 0 Å². The maximum absolute atomic E-state index is 2.52. The fourth-order valence-electron chi connectivity index (χ4n) is 5.52. The fourth-order valence-corrected chi connectivity index (χ4v) is 5.52. The summed E-state index contributed by atoms with van der Waals surface area (Å²) < 4.78 is 0. The van der Waals surface area contributed by atoms with Gasteiger partial charge in [-0.2, -0.15) is 0 Å². The summed E-state index contributed by atoms with van der Waals surface area (Å²) in [5.74, 6) is 0.621. The molecule has 4 rings (SSSR count). The molecule has 0 aromatic heterocycles. The summed E-state index contributed by atoms with van der Waals surface area (Å²) in [6.45, 7) is 16.6. The molecule has 2 aromatic carbocycles. The Labute approximate surface area is 172 Å². The monoisotopic (exact) mass is 372 g/mol. The van der Waals surface area contributed by atoms with Gasteiger partial charge in [-0.3, -0.25) is 0 Å². The van der Waals surface area contributed by atoms with Crippen molar-refractivity contribution in [2.45, 2.75) is 85.0 Å². The second-order valence-electron chi connectivity index (χ2n) is 10.7. The van der Waals surface area contributed by atoms with Crippen molar-refractivity contribution in [3.8, 4) is 0 Å². The predicted molar refractivity (Wildman–Crippen MR) is 123 cm³/mol. The minimum absolute atomic E-state index is 0.263. The summed E-state index contributed by atoms with van der Waals surface area (Å²) >= 11 is 0. The Balaban J connectivity index is 1.89. The smallest absolute Gasteiger partial charge is 0.0100 e. The van der Waals surface area contributed by atoms with Crippen molar-refractivity contribution < 1.29 is 0 Å². The molecule has 0 spiro atoms. The third-order valence-corrected chi connectivity index (χ3v) is 7.58. The van der Waals surface area contributed by atoms with Crippen LogP contribution in [0.2, 0.25) is 0 Å². The summed E-state index contributed by atoms with van der Waals surface area (Å²) in [4.78, 5) is 0. The highest BCUT2D eigenvalue weighted by atomic mass is 14.4. The van der Waals surface area contributed by atoms with Crippen molar-refractivity contribution in [3.63, 3.8) is 0 Å². The summed E-state index contributed by atoms with van der Waals surface area (Å²) in [5.41, 5.74) is 12.5. The van der Waals surface area contributed by atoms with E-state index in [9.17, 15) is 0 Å². The topological polar surface area (TPSA) is 0 Å². The number of rotatable bonds is 1. The maximum atomic E-state index is 2.52. The standard InChI is InChI=1S/C28H36/c1-18-8-12-23-22(16-18)10-9-19(2)26(23)20(3)21-11-13-24-25(17-21)28(6,7)15-14-27(24,4)5/h8,11-13,16-17,19H,9-10,14-15H2,1-7H3/b26-20+. The molecule has 0 heteroatoms. The van der Waals surface area contributed by atoms with E-state index in [0.717, 1.165) is 0 Å². The molecule has 1 atom stereocenters. The van der Waals surface area contributed by atoms with E-state index in [1.807, 2.05) is 0 Å². The Kier molecular flexibility index (Phi) is 4.60. The lowest BCUT2D eigenvalue weighted by Crippen LogP contribution is -2.33. The van der Waals surface area contributed by atoms with Gasteiger partial charge in [-0.25, -0.2) is 0 Å². The molecule has 0 bridgehead atoms. The molecular weight excluding hydrogens is 336 g/mol. The molecule has 0 amide bonds. The largest absolute Gasteiger partial charge is 0.0587 e. The van der Waals surface area contributed by atoms with Crippen LogP contribution in [0.15, 0.2) is 36.4 Å². The first kappa shape index (κ1) is 19.5. The van der Waals surface area contributed by atoms with E-state index < -0.39 is 0 Å². The first-order valence-electron chi connectivity index (χ1n) is 11.1. The summed E-state index contributed by atoms with van der Waals surface area (Å²) in [7, 11) is 0. The van der Waals surface area contributed by atoms with E-state index >= 15 is 0 Å². The Bertz CT molecular complexity index is 952. The molecule has 2 aromatic rings. The van der Waals surface area contributed by atoms with Crippen LogP contribution < -0.4 is 0 Å². The van der Waals surface area contributed by atoms with Gasteiger partial charge in [0.15, 0.2) is 0 Å². The van der Waals surface area contributed by atoms with Gasteiger partial charge < -0.3 is 0 Å². The molecule has 0 aliphatic heterocycles. The van der Waals surface area contributed by atoms with E-state index in [0.29, 0.717) is 5.92 Å². The Hall–Kier alpha value is -1.82. The summed E-state index contributed by atoms with van der Waals surface area (Å²) in [6.07, 6.45) is 5.01. The quantitative estimate of drug-likeness (QED) is 0.478. The van der Waals surface area contributed by atoms with Crippen molar-refractivity contribution in [1.82, 2.24) is 0 Å². The number of allylic oxidation sites excluding steroid dienone is 2. The highest BCUT2D eigenvalue weighted by Crippen LogP contribution is 2.47. The normalized spacial score (nSPS) is 24.3. The van der Waals surface area contributed by atoms with Crippen LogP contribution >= 0.6 is 0 Å². The zero-order chi connectivity index (χ0) is 20.3. The Morgan fingerprint density at radius 2 is 1.57 bits per heavy atom. The maximum Gasteiger partial charge on any atom is -0.0100 e. The number of hydrogen-bond acceptors (Lipinski definition) is 0. The van der Waals surface area contributed by atoms with E-state index in [-0.39, 0.29) is 10.8 Å². The van der Waals surface area contributed by atoms with Crippen LogP contribution in [0.4, 0.5) is 0 Å². The predicted octanol–water partition coefficient (Wildman–Crippen LogP) is 7.86. The average Bonchev–Trinajstić information content (AvgIpc) is 2.65. The van der Waals surface area contributed by atoms with E-state index in [1.165, 1.54) is 53.5 Å². The molecule has 0 nitrogen and oxygen atoms in total. The van der Waals surface area contributed by atoms with Crippen molar-refractivity contribution in [3.05, 3.63) is 69.8 Å². The lowest BCUT2D eigenvalue weighted by molar-refractivity contribution is 0.332. The first-order valence-corrected chi connectivity index (χ1v) is 11.1. The van der Waals surface area contributed by atoms with E-state index in [2.05, 4.69) is 84.9 Å².